The first-order chi connectivity index (χ1) is 13.9. The van der Waals surface area contributed by atoms with Gasteiger partial charge in [0.2, 0.25) is 0 Å². The number of likely N-dealkylation sites (tertiary alicyclic amines) is 1. The Labute approximate surface area is 188 Å². The minimum absolute atomic E-state index is 0.184. The van der Waals surface area contributed by atoms with Crippen molar-refractivity contribution in [2.24, 2.45) is 11.7 Å². The average molecular weight is 521 g/mol. The summed E-state index contributed by atoms with van der Waals surface area (Å²) in [6.07, 6.45) is 3.14. The van der Waals surface area contributed by atoms with Crippen molar-refractivity contribution >= 4 is 48.6 Å². The number of para-hydroxylation sites is 2. The maximum absolute atomic E-state index is 6.70. The number of nitrogen functional groups attached to an aromatic ring is 1. The number of halogens is 2. The monoisotopic (exact) mass is 519 g/mol. The minimum atomic E-state index is -0.184. The molecule has 4 N–H and O–H groups in total. The predicted molar refractivity (Wildman–Crippen MR) is 127 cm³/mol. The first-order valence-electron chi connectivity index (χ1n) is 10.0. The fourth-order valence-electron chi connectivity index (χ4n) is 4.17. The molecule has 0 radical (unpaired) electrons. The van der Waals surface area contributed by atoms with Crippen LogP contribution in [0.2, 0.25) is 0 Å². The standard InChI is InChI=1S/C22H27Br2N5/c1-28-8-6-14(7-9-28)13-29-20-5-3-2-4-19(20)27-22(29)18(25)12-15-10-16(23)21(26)17(24)11-15/h2-5,10-11,14,18H,6-9,12-13,25-26H2,1H3/t18-/m1/s1. The molecule has 29 heavy (non-hydrogen) atoms. The Hall–Kier alpha value is -1.41. The molecule has 0 unspecified atom stereocenters. The third-order valence-corrected chi connectivity index (χ3v) is 7.20. The van der Waals surface area contributed by atoms with Crippen LogP contribution in [0.25, 0.3) is 11.0 Å². The van der Waals surface area contributed by atoms with Crippen LogP contribution in [0.15, 0.2) is 45.3 Å². The molecule has 0 aliphatic carbocycles. The maximum Gasteiger partial charge on any atom is 0.127 e. The SMILES string of the molecule is CN1CCC(Cn2c([C@H](N)Cc3cc(Br)c(N)c(Br)c3)nc3ccccc32)CC1. The quantitative estimate of drug-likeness (QED) is 0.477. The van der Waals surface area contributed by atoms with Gasteiger partial charge in [-0.25, -0.2) is 4.98 Å². The van der Waals surface area contributed by atoms with E-state index in [1.807, 2.05) is 18.2 Å². The van der Waals surface area contributed by atoms with Gasteiger partial charge in [-0.1, -0.05) is 12.1 Å². The van der Waals surface area contributed by atoms with E-state index in [-0.39, 0.29) is 6.04 Å². The van der Waals surface area contributed by atoms with Gasteiger partial charge in [-0.2, -0.15) is 0 Å². The molecule has 2 heterocycles. The number of hydrogen-bond acceptors (Lipinski definition) is 4. The largest absolute Gasteiger partial charge is 0.397 e. The van der Waals surface area contributed by atoms with Crippen molar-refractivity contribution in [3.05, 3.63) is 56.7 Å². The molecule has 0 spiro atoms. The Balaban J connectivity index is 1.63. The summed E-state index contributed by atoms with van der Waals surface area (Å²) in [5, 5.41) is 0. The zero-order valence-electron chi connectivity index (χ0n) is 16.6. The van der Waals surface area contributed by atoms with Crippen molar-refractivity contribution in [1.82, 2.24) is 14.5 Å². The van der Waals surface area contributed by atoms with Gasteiger partial charge in [-0.3, -0.25) is 0 Å². The number of anilines is 1. The van der Waals surface area contributed by atoms with E-state index < -0.39 is 0 Å². The van der Waals surface area contributed by atoms with Crippen LogP contribution < -0.4 is 11.5 Å². The molecular weight excluding hydrogens is 494 g/mol. The summed E-state index contributed by atoms with van der Waals surface area (Å²) in [5.74, 6) is 1.63. The lowest BCUT2D eigenvalue weighted by Crippen LogP contribution is -2.32. The van der Waals surface area contributed by atoms with Crippen LogP contribution in [0, 0.1) is 5.92 Å². The lowest BCUT2D eigenvalue weighted by atomic mass is 9.96. The second-order valence-corrected chi connectivity index (χ2v) is 9.81. The Kier molecular flexibility index (Phi) is 6.30. The van der Waals surface area contributed by atoms with Crippen LogP contribution in [0.1, 0.15) is 30.3 Å². The lowest BCUT2D eigenvalue weighted by molar-refractivity contribution is 0.205. The number of piperidine rings is 1. The number of fused-ring (bicyclic) bond motifs is 1. The predicted octanol–water partition coefficient (Wildman–Crippen LogP) is 4.73. The van der Waals surface area contributed by atoms with E-state index in [4.69, 9.17) is 16.5 Å². The highest BCUT2D eigenvalue weighted by Crippen LogP contribution is 2.32. The molecule has 7 heteroatoms. The molecule has 4 rings (SSSR count). The summed E-state index contributed by atoms with van der Waals surface area (Å²) in [5.41, 5.74) is 16.8. The van der Waals surface area contributed by atoms with Gasteiger partial charge < -0.3 is 20.9 Å². The number of aromatic nitrogens is 2. The van der Waals surface area contributed by atoms with Crippen LogP contribution in [-0.2, 0) is 13.0 Å². The van der Waals surface area contributed by atoms with Gasteiger partial charge in [0, 0.05) is 15.5 Å². The van der Waals surface area contributed by atoms with Crippen molar-refractivity contribution in [1.29, 1.82) is 0 Å². The molecule has 0 amide bonds. The summed E-state index contributed by atoms with van der Waals surface area (Å²) in [4.78, 5) is 7.34. The van der Waals surface area contributed by atoms with Crippen LogP contribution in [0.5, 0.6) is 0 Å². The summed E-state index contributed by atoms with van der Waals surface area (Å²) in [7, 11) is 2.20. The van der Waals surface area contributed by atoms with Crippen molar-refractivity contribution in [2.75, 3.05) is 25.9 Å². The first-order valence-corrected chi connectivity index (χ1v) is 11.6. The van der Waals surface area contributed by atoms with E-state index in [0.717, 1.165) is 45.5 Å². The van der Waals surface area contributed by atoms with Gasteiger partial charge >= 0.3 is 0 Å². The zero-order valence-corrected chi connectivity index (χ0v) is 19.8. The second kappa shape index (κ2) is 8.76. The van der Waals surface area contributed by atoms with E-state index in [1.165, 1.54) is 18.4 Å². The summed E-state index contributed by atoms with van der Waals surface area (Å²) >= 11 is 7.07. The molecule has 1 atom stereocenters. The van der Waals surface area contributed by atoms with Gasteiger partial charge in [-0.15, -0.1) is 0 Å². The van der Waals surface area contributed by atoms with Gasteiger partial charge in [0.15, 0.2) is 0 Å². The minimum Gasteiger partial charge on any atom is -0.397 e. The molecule has 1 aromatic heterocycles. The van der Waals surface area contributed by atoms with E-state index in [0.29, 0.717) is 18.0 Å². The molecule has 2 aromatic carbocycles. The molecule has 1 aliphatic rings. The number of benzene rings is 2. The van der Waals surface area contributed by atoms with E-state index in [9.17, 15) is 0 Å². The van der Waals surface area contributed by atoms with Crippen molar-refractivity contribution < 1.29 is 0 Å². The maximum atomic E-state index is 6.70. The third kappa shape index (κ3) is 4.53. The molecule has 1 fully saturated rings. The van der Waals surface area contributed by atoms with Crippen LogP contribution in [-0.4, -0.2) is 34.6 Å². The highest BCUT2D eigenvalue weighted by Gasteiger charge is 2.23. The Morgan fingerprint density at radius 2 is 1.79 bits per heavy atom. The molecule has 154 valence electrons. The molecule has 3 aromatic rings. The summed E-state index contributed by atoms with van der Waals surface area (Å²) in [6.45, 7) is 3.30. The molecular formula is C22H27Br2N5. The molecule has 0 bridgehead atoms. The summed E-state index contributed by atoms with van der Waals surface area (Å²) < 4.78 is 4.12. The van der Waals surface area contributed by atoms with Crippen LogP contribution >= 0.6 is 31.9 Å². The lowest BCUT2D eigenvalue weighted by Gasteiger charge is -2.30. The number of nitrogens with zero attached hydrogens (tertiary/aromatic N) is 3. The first kappa shape index (κ1) is 20.8. The van der Waals surface area contributed by atoms with E-state index in [1.54, 1.807) is 0 Å². The normalized spacial score (nSPS) is 17.1. The molecule has 1 aliphatic heterocycles. The summed E-state index contributed by atoms with van der Waals surface area (Å²) in [6, 6.07) is 12.3. The van der Waals surface area contributed by atoms with Crippen molar-refractivity contribution in [3.8, 4) is 0 Å². The number of imidazole rings is 1. The Bertz CT molecular complexity index is 985. The van der Waals surface area contributed by atoms with Crippen LogP contribution in [0.3, 0.4) is 0 Å². The van der Waals surface area contributed by atoms with Gasteiger partial charge in [-0.05, 0) is 107 Å². The third-order valence-electron chi connectivity index (χ3n) is 5.89. The average Bonchev–Trinajstić information content (AvgIpc) is 3.06. The highest BCUT2D eigenvalue weighted by atomic mass is 79.9. The van der Waals surface area contributed by atoms with E-state index in [2.05, 4.69) is 66.6 Å². The number of hydrogen-bond donors (Lipinski definition) is 2. The Morgan fingerprint density at radius 3 is 2.48 bits per heavy atom. The zero-order chi connectivity index (χ0) is 20.5. The van der Waals surface area contributed by atoms with Gasteiger partial charge in [0.05, 0.1) is 22.8 Å². The Morgan fingerprint density at radius 1 is 1.14 bits per heavy atom. The van der Waals surface area contributed by atoms with Crippen LogP contribution in [0.4, 0.5) is 5.69 Å². The number of rotatable bonds is 5. The topological polar surface area (TPSA) is 73.1 Å². The molecule has 0 saturated carbocycles. The highest BCUT2D eigenvalue weighted by molar-refractivity contribution is 9.11. The fraction of sp³-hybridized carbons (Fsp3) is 0.409. The van der Waals surface area contributed by atoms with Crippen molar-refractivity contribution in [3.63, 3.8) is 0 Å². The molecule has 5 nitrogen and oxygen atoms in total. The molecule has 1 saturated heterocycles. The second-order valence-electron chi connectivity index (χ2n) is 8.10. The fourth-order valence-corrected chi connectivity index (χ4v) is 5.45. The van der Waals surface area contributed by atoms with E-state index >= 15 is 0 Å². The smallest absolute Gasteiger partial charge is 0.127 e. The number of nitrogens with two attached hydrogens (primary N) is 2. The van der Waals surface area contributed by atoms with Crippen molar-refractivity contribution in [2.45, 2.75) is 31.8 Å². The van der Waals surface area contributed by atoms with Gasteiger partial charge in [0.1, 0.15) is 5.82 Å². The van der Waals surface area contributed by atoms with Gasteiger partial charge in [0.25, 0.3) is 0 Å².